The highest BCUT2D eigenvalue weighted by atomic mass is 19.1. The van der Waals surface area contributed by atoms with Gasteiger partial charge in [-0.05, 0) is 43.7 Å². The molecule has 9 heteroatoms. The molecule has 0 bridgehead atoms. The molecule has 2 aromatic heterocycles. The lowest BCUT2D eigenvalue weighted by atomic mass is 9.96. The number of ether oxygens (including phenoxy) is 1. The second-order valence-corrected chi connectivity index (χ2v) is 7.60. The number of halogens is 3. The topological polar surface area (TPSA) is 84.3 Å². The fourth-order valence-electron chi connectivity index (χ4n) is 3.76. The molecule has 1 fully saturated rings. The number of aromatic nitrogens is 2. The van der Waals surface area contributed by atoms with Crippen LogP contribution in [0.3, 0.4) is 0 Å². The number of carbonyl (C=O) groups excluding carboxylic acids is 1. The summed E-state index contributed by atoms with van der Waals surface area (Å²) in [6.45, 7) is 1.85. The van der Waals surface area contributed by atoms with Crippen LogP contribution in [0.1, 0.15) is 41.9 Å². The SMILES string of the molecule is C[C@H]1C[C@@H](O)C[C@@H](c2ccncc2NC(=O)c2ccc(F)c(-c3c(F)cccc3F)n2)O1. The van der Waals surface area contributed by atoms with E-state index in [9.17, 15) is 23.1 Å². The first-order valence-electron chi connectivity index (χ1n) is 10.0. The summed E-state index contributed by atoms with van der Waals surface area (Å²) in [5.74, 6) is -3.68. The van der Waals surface area contributed by atoms with Gasteiger partial charge >= 0.3 is 0 Å². The van der Waals surface area contributed by atoms with Crippen LogP contribution in [0.15, 0.2) is 48.8 Å². The Morgan fingerprint density at radius 3 is 2.56 bits per heavy atom. The summed E-state index contributed by atoms with van der Waals surface area (Å²) in [5.41, 5.74) is -0.556. The van der Waals surface area contributed by atoms with Crippen molar-refractivity contribution >= 4 is 11.6 Å². The van der Waals surface area contributed by atoms with Crippen molar-refractivity contribution in [2.45, 2.75) is 38.1 Å². The second-order valence-electron chi connectivity index (χ2n) is 7.60. The highest BCUT2D eigenvalue weighted by molar-refractivity contribution is 6.03. The predicted molar refractivity (Wildman–Crippen MR) is 110 cm³/mol. The minimum absolute atomic E-state index is 0.169. The molecule has 1 aromatic carbocycles. The predicted octanol–water partition coefficient (Wildman–Crippen LogP) is 4.41. The average Bonchev–Trinajstić information content (AvgIpc) is 2.74. The van der Waals surface area contributed by atoms with E-state index in [4.69, 9.17) is 4.74 Å². The van der Waals surface area contributed by atoms with Crippen molar-refractivity contribution in [3.63, 3.8) is 0 Å². The van der Waals surface area contributed by atoms with Gasteiger partial charge in [-0.2, -0.15) is 0 Å². The normalized spacial score (nSPS) is 20.7. The lowest BCUT2D eigenvalue weighted by Crippen LogP contribution is -2.30. The fraction of sp³-hybridized carbons (Fsp3) is 0.261. The molecule has 1 aliphatic heterocycles. The van der Waals surface area contributed by atoms with Crippen LogP contribution in [0.4, 0.5) is 18.9 Å². The number of aliphatic hydroxyl groups is 1. The molecule has 0 unspecified atom stereocenters. The number of hydrogen-bond acceptors (Lipinski definition) is 5. The summed E-state index contributed by atoms with van der Waals surface area (Å²) in [4.78, 5) is 20.7. The van der Waals surface area contributed by atoms with Crippen LogP contribution in [0.5, 0.6) is 0 Å². The Labute approximate surface area is 182 Å². The lowest BCUT2D eigenvalue weighted by molar-refractivity contribution is -0.0892. The molecular weight excluding hydrogens is 423 g/mol. The van der Waals surface area contributed by atoms with Gasteiger partial charge in [0, 0.05) is 18.2 Å². The molecule has 1 saturated heterocycles. The number of hydrogen-bond donors (Lipinski definition) is 2. The van der Waals surface area contributed by atoms with E-state index in [1.54, 1.807) is 6.07 Å². The number of nitrogens with one attached hydrogen (secondary N) is 1. The molecule has 0 radical (unpaired) electrons. The maximum atomic E-state index is 14.3. The van der Waals surface area contributed by atoms with Crippen LogP contribution in [-0.4, -0.2) is 33.2 Å². The molecule has 32 heavy (non-hydrogen) atoms. The van der Waals surface area contributed by atoms with Gasteiger partial charge in [0.2, 0.25) is 0 Å². The minimum atomic E-state index is -0.995. The third kappa shape index (κ3) is 4.49. The van der Waals surface area contributed by atoms with Crippen LogP contribution in [-0.2, 0) is 4.74 Å². The summed E-state index contributed by atoms with van der Waals surface area (Å²) in [7, 11) is 0. The monoisotopic (exact) mass is 443 g/mol. The first-order chi connectivity index (χ1) is 15.3. The molecule has 0 aliphatic carbocycles. The molecule has 0 saturated carbocycles. The van der Waals surface area contributed by atoms with Crippen LogP contribution in [0.25, 0.3) is 11.3 Å². The Bertz CT molecular complexity index is 1130. The molecule has 2 N–H and O–H groups in total. The highest BCUT2D eigenvalue weighted by Gasteiger charge is 2.29. The van der Waals surface area contributed by atoms with Gasteiger partial charge in [-0.3, -0.25) is 9.78 Å². The molecule has 1 amide bonds. The molecule has 0 spiro atoms. The molecule has 1 aliphatic rings. The maximum Gasteiger partial charge on any atom is 0.274 e. The molecule has 166 valence electrons. The molecule has 3 heterocycles. The Balaban J connectivity index is 1.64. The number of rotatable bonds is 4. The summed E-state index contributed by atoms with van der Waals surface area (Å²) in [6.07, 6.45) is 2.64. The first-order valence-corrected chi connectivity index (χ1v) is 10.0. The van der Waals surface area contributed by atoms with E-state index in [2.05, 4.69) is 15.3 Å². The number of benzene rings is 1. The molecule has 3 atom stereocenters. The zero-order valence-corrected chi connectivity index (χ0v) is 17.1. The maximum absolute atomic E-state index is 14.3. The smallest absolute Gasteiger partial charge is 0.274 e. The molecule has 6 nitrogen and oxygen atoms in total. The Hall–Kier alpha value is -3.30. The quantitative estimate of drug-likeness (QED) is 0.624. The van der Waals surface area contributed by atoms with Crippen molar-refractivity contribution in [1.29, 1.82) is 0 Å². The summed E-state index contributed by atoms with van der Waals surface area (Å²) < 4.78 is 48.5. The number of anilines is 1. The van der Waals surface area contributed by atoms with Crippen molar-refractivity contribution < 1.29 is 27.8 Å². The summed E-state index contributed by atoms with van der Waals surface area (Å²) in [5, 5.41) is 12.7. The van der Waals surface area contributed by atoms with E-state index in [-0.39, 0.29) is 11.8 Å². The summed E-state index contributed by atoms with van der Waals surface area (Å²) in [6, 6.07) is 6.82. The number of aliphatic hydroxyl groups excluding tert-OH is 1. The van der Waals surface area contributed by atoms with Crippen LogP contribution in [0.2, 0.25) is 0 Å². The Morgan fingerprint density at radius 2 is 1.84 bits per heavy atom. The number of amides is 1. The highest BCUT2D eigenvalue weighted by Crippen LogP contribution is 2.35. The van der Waals surface area contributed by atoms with Gasteiger partial charge in [0.15, 0.2) is 0 Å². The van der Waals surface area contributed by atoms with Crippen molar-refractivity contribution in [2.24, 2.45) is 0 Å². The van der Waals surface area contributed by atoms with E-state index >= 15 is 0 Å². The fourth-order valence-corrected chi connectivity index (χ4v) is 3.76. The van der Waals surface area contributed by atoms with Gasteiger partial charge in [-0.25, -0.2) is 18.2 Å². The van der Waals surface area contributed by atoms with Gasteiger partial charge in [0.25, 0.3) is 5.91 Å². The second kappa shape index (κ2) is 9.05. The summed E-state index contributed by atoms with van der Waals surface area (Å²) >= 11 is 0. The zero-order chi connectivity index (χ0) is 22.8. The number of pyridine rings is 2. The Kier molecular flexibility index (Phi) is 6.20. The molecular formula is C23H20F3N3O3. The van der Waals surface area contributed by atoms with E-state index in [0.29, 0.717) is 24.1 Å². The zero-order valence-electron chi connectivity index (χ0n) is 17.1. The Morgan fingerprint density at radius 1 is 1.09 bits per heavy atom. The number of carbonyl (C=O) groups is 1. The van der Waals surface area contributed by atoms with E-state index in [0.717, 1.165) is 30.3 Å². The van der Waals surface area contributed by atoms with Crippen LogP contribution in [0, 0.1) is 17.5 Å². The molecule has 4 rings (SSSR count). The third-order valence-electron chi connectivity index (χ3n) is 5.21. The van der Waals surface area contributed by atoms with Crippen molar-refractivity contribution in [1.82, 2.24) is 9.97 Å². The van der Waals surface area contributed by atoms with Gasteiger partial charge in [0.1, 0.15) is 28.8 Å². The van der Waals surface area contributed by atoms with E-state index in [1.807, 2.05) is 6.92 Å². The average molecular weight is 443 g/mol. The van der Waals surface area contributed by atoms with Crippen LogP contribution < -0.4 is 5.32 Å². The van der Waals surface area contributed by atoms with E-state index in [1.165, 1.54) is 12.4 Å². The van der Waals surface area contributed by atoms with Crippen molar-refractivity contribution in [3.8, 4) is 11.3 Å². The van der Waals surface area contributed by atoms with E-state index < -0.39 is 46.8 Å². The van der Waals surface area contributed by atoms with Gasteiger partial charge in [0.05, 0.1) is 35.8 Å². The standard InChI is InChI=1S/C23H20F3N3O3/c1-12-9-13(30)10-20(32-12)14-7-8-27-11-19(14)29-23(31)18-6-5-17(26)22(28-18)21-15(24)3-2-4-16(21)25/h2-8,11-13,20,30H,9-10H2,1H3,(H,29,31)/t12-,13+,20-/m0/s1. The van der Waals surface area contributed by atoms with Gasteiger partial charge in [-0.1, -0.05) is 6.07 Å². The van der Waals surface area contributed by atoms with Crippen LogP contribution >= 0.6 is 0 Å². The van der Waals surface area contributed by atoms with Crippen molar-refractivity contribution in [2.75, 3.05) is 5.32 Å². The minimum Gasteiger partial charge on any atom is -0.393 e. The number of nitrogens with zero attached hydrogens (tertiary/aromatic N) is 2. The van der Waals surface area contributed by atoms with Gasteiger partial charge < -0.3 is 15.2 Å². The van der Waals surface area contributed by atoms with Gasteiger partial charge in [-0.15, -0.1) is 0 Å². The third-order valence-corrected chi connectivity index (χ3v) is 5.21. The first kappa shape index (κ1) is 21.9. The van der Waals surface area contributed by atoms with Crippen molar-refractivity contribution in [3.05, 3.63) is 77.5 Å². The largest absolute Gasteiger partial charge is 0.393 e. The lowest BCUT2D eigenvalue weighted by Gasteiger charge is -2.32. The molecule has 3 aromatic rings.